The van der Waals surface area contributed by atoms with E-state index in [0.29, 0.717) is 12.4 Å². The maximum absolute atomic E-state index is 12.8. The number of rotatable bonds is 6. The van der Waals surface area contributed by atoms with Crippen LogP contribution in [0.3, 0.4) is 0 Å². The number of hydrogen-bond donors (Lipinski definition) is 0. The third-order valence-electron chi connectivity index (χ3n) is 4.68. The number of ether oxygens (including phenoxy) is 1. The molecule has 1 aliphatic rings. The quantitative estimate of drug-likeness (QED) is 0.733. The van der Waals surface area contributed by atoms with Crippen LogP contribution in [0.2, 0.25) is 0 Å². The van der Waals surface area contributed by atoms with Crippen LogP contribution in [0.15, 0.2) is 64.4 Å². The summed E-state index contributed by atoms with van der Waals surface area (Å²) >= 11 is 0. The molecule has 3 rings (SSSR count). The zero-order valence-corrected chi connectivity index (χ0v) is 16.7. The molecule has 1 heterocycles. The largest absolute Gasteiger partial charge is 0.494 e. The summed E-state index contributed by atoms with van der Waals surface area (Å²) in [5, 5.41) is -0.563. The SMILES string of the molecule is CCOc1ccc(S(=O)(=O)N2CCC(S(=O)(=O)c3ccccc3)CC2)cc1. The standard InChI is InChI=1S/C19H23NO5S2/c1-2-25-16-8-10-19(11-9-16)27(23,24)20-14-12-18(13-15-20)26(21,22)17-6-4-3-5-7-17/h3-11,18H,2,12-15H2,1H3. The second kappa shape index (κ2) is 8.00. The van der Waals surface area contributed by atoms with Gasteiger partial charge in [-0.05, 0) is 56.2 Å². The van der Waals surface area contributed by atoms with Crippen molar-refractivity contribution >= 4 is 19.9 Å². The van der Waals surface area contributed by atoms with Crippen molar-refractivity contribution < 1.29 is 21.6 Å². The molecule has 146 valence electrons. The maximum Gasteiger partial charge on any atom is 0.243 e. The molecule has 1 saturated heterocycles. The molecule has 0 N–H and O–H groups in total. The van der Waals surface area contributed by atoms with Gasteiger partial charge in [0.15, 0.2) is 9.84 Å². The van der Waals surface area contributed by atoms with Gasteiger partial charge in [-0.3, -0.25) is 0 Å². The Morgan fingerprint density at radius 1 is 0.889 bits per heavy atom. The molecule has 8 heteroatoms. The smallest absolute Gasteiger partial charge is 0.243 e. The minimum atomic E-state index is -3.64. The van der Waals surface area contributed by atoms with Crippen LogP contribution in [0.25, 0.3) is 0 Å². The van der Waals surface area contributed by atoms with E-state index in [4.69, 9.17) is 4.74 Å². The Kier molecular flexibility index (Phi) is 5.88. The highest BCUT2D eigenvalue weighted by atomic mass is 32.2. The van der Waals surface area contributed by atoms with E-state index in [0.717, 1.165) is 0 Å². The molecule has 1 aliphatic heterocycles. The van der Waals surface area contributed by atoms with Crippen molar-refractivity contribution in [1.29, 1.82) is 0 Å². The molecule has 0 aliphatic carbocycles. The first-order valence-electron chi connectivity index (χ1n) is 8.87. The average Bonchev–Trinajstić information content (AvgIpc) is 2.69. The van der Waals surface area contributed by atoms with Crippen LogP contribution in [0.1, 0.15) is 19.8 Å². The topological polar surface area (TPSA) is 80.8 Å². The van der Waals surface area contributed by atoms with Crippen LogP contribution in [0, 0.1) is 0 Å². The Bertz CT molecular complexity index is 963. The molecular weight excluding hydrogens is 386 g/mol. The molecule has 0 amide bonds. The molecule has 0 saturated carbocycles. The fourth-order valence-corrected chi connectivity index (χ4v) is 6.43. The fourth-order valence-electron chi connectivity index (χ4n) is 3.21. The lowest BCUT2D eigenvalue weighted by atomic mass is 10.2. The highest BCUT2D eigenvalue weighted by Crippen LogP contribution is 2.28. The van der Waals surface area contributed by atoms with Gasteiger partial charge in [-0.1, -0.05) is 18.2 Å². The van der Waals surface area contributed by atoms with Gasteiger partial charge in [0.25, 0.3) is 0 Å². The Morgan fingerprint density at radius 2 is 1.48 bits per heavy atom. The molecule has 0 spiro atoms. The average molecular weight is 410 g/mol. The lowest BCUT2D eigenvalue weighted by molar-refractivity contribution is 0.339. The molecule has 0 unspecified atom stereocenters. The Balaban J connectivity index is 1.71. The minimum Gasteiger partial charge on any atom is -0.494 e. The van der Waals surface area contributed by atoms with Gasteiger partial charge in [-0.15, -0.1) is 0 Å². The predicted molar refractivity (Wildman–Crippen MR) is 103 cm³/mol. The molecule has 0 atom stereocenters. The van der Waals surface area contributed by atoms with Crippen molar-refractivity contribution in [2.24, 2.45) is 0 Å². The highest BCUT2D eigenvalue weighted by Gasteiger charge is 2.35. The van der Waals surface area contributed by atoms with Gasteiger partial charge < -0.3 is 4.74 Å². The number of sulfonamides is 1. The van der Waals surface area contributed by atoms with E-state index in [2.05, 4.69) is 0 Å². The van der Waals surface area contributed by atoms with E-state index in [9.17, 15) is 16.8 Å². The molecular formula is C19H23NO5S2. The number of benzene rings is 2. The number of hydrogen-bond acceptors (Lipinski definition) is 5. The first-order chi connectivity index (χ1) is 12.9. The fraction of sp³-hybridized carbons (Fsp3) is 0.368. The summed E-state index contributed by atoms with van der Waals surface area (Å²) in [6.07, 6.45) is 0.570. The van der Waals surface area contributed by atoms with E-state index in [1.165, 1.54) is 16.4 Å². The maximum atomic E-state index is 12.8. The Hall–Kier alpha value is -1.90. The third kappa shape index (κ3) is 4.17. The first kappa shape index (κ1) is 19.9. The molecule has 2 aromatic carbocycles. The van der Waals surface area contributed by atoms with Gasteiger partial charge >= 0.3 is 0 Å². The van der Waals surface area contributed by atoms with Crippen LogP contribution in [-0.4, -0.2) is 46.1 Å². The van der Waals surface area contributed by atoms with Crippen molar-refractivity contribution in [3.8, 4) is 5.75 Å². The summed E-state index contributed by atoms with van der Waals surface area (Å²) in [7, 11) is -7.09. The van der Waals surface area contributed by atoms with Crippen molar-refractivity contribution in [2.75, 3.05) is 19.7 Å². The second-order valence-electron chi connectivity index (χ2n) is 6.37. The minimum absolute atomic E-state index is 0.187. The number of piperidine rings is 1. The molecule has 2 aromatic rings. The molecule has 0 aromatic heterocycles. The van der Waals surface area contributed by atoms with Gasteiger partial charge in [-0.2, -0.15) is 4.31 Å². The summed E-state index contributed by atoms with van der Waals surface area (Å²) in [5.74, 6) is 0.615. The summed E-state index contributed by atoms with van der Waals surface area (Å²) in [6, 6.07) is 14.6. The van der Waals surface area contributed by atoms with Crippen LogP contribution in [0.5, 0.6) is 5.75 Å². The van der Waals surface area contributed by atoms with Crippen molar-refractivity contribution in [3.63, 3.8) is 0 Å². The van der Waals surface area contributed by atoms with Gasteiger partial charge in [0.2, 0.25) is 10.0 Å². The monoisotopic (exact) mass is 409 g/mol. The molecule has 0 radical (unpaired) electrons. The third-order valence-corrected chi connectivity index (χ3v) is 8.88. The summed E-state index contributed by atoms with van der Waals surface area (Å²) in [6.45, 7) is 2.74. The van der Waals surface area contributed by atoms with Crippen molar-refractivity contribution in [2.45, 2.75) is 34.8 Å². The van der Waals surface area contributed by atoms with Crippen LogP contribution in [0.4, 0.5) is 0 Å². The van der Waals surface area contributed by atoms with Crippen LogP contribution in [-0.2, 0) is 19.9 Å². The van der Waals surface area contributed by atoms with E-state index in [1.807, 2.05) is 6.92 Å². The van der Waals surface area contributed by atoms with Gasteiger partial charge in [0, 0.05) is 13.1 Å². The summed E-state index contributed by atoms with van der Waals surface area (Å²) in [4.78, 5) is 0.480. The molecule has 1 fully saturated rings. The lowest BCUT2D eigenvalue weighted by Crippen LogP contribution is -2.42. The molecule has 27 heavy (non-hydrogen) atoms. The van der Waals surface area contributed by atoms with E-state index in [-0.39, 0.29) is 35.7 Å². The predicted octanol–water partition coefficient (Wildman–Crippen LogP) is 2.71. The van der Waals surface area contributed by atoms with Crippen LogP contribution < -0.4 is 4.74 Å². The summed E-state index contributed by atoms with van der Waals surface area (Å²) < 4.78 is 57.8. The van der Waals surface area contributed by atoms with Gasteiger partial charge in [-0.25, -0.2) is 16.8 Å². The normalized spacial score (nSPS) is 16.9. The van der Waals surface area contributed by atoms with Gasteiger partial charge in [0.1, 0.15) is 5.75 Å². The molecule has 0 bridgehead atoms. The van der Waals surface area contributed by atoms with E-state index >= 15 is 0 Å². The van der Waals surface area contributed by atoms with Crippen molar-refractivity contribution in [3.05, 3.63) is 54.6 Å². The highest BCUT2D eigenvalue weighted by molar-refractivity contribution is 7.92. The number of nitrogens with zero attached hydrogens (tertiary/aromatic N) is 1. The van der Waals surface area contributed by atoms with Gasteiger partial charge in [0.05, 0.1) is 21.6 Å². The first-order valence-corrected chi connectivity index (χ1v) is 11.9. The summed E-state index contributed by atoms with van der Waals surface area (Å²) in [5.41, 5.74) is 0. The van der Waals surface area contributed by atoms with E-state index < -0.39 is 25.1 Å². The zero-order valence-electron chi connectivity index (χ0n) is 15.1. The second-order valence-corrected chi connectivity index (χ2v) is 10.5. The van der Waals surface area contributed by atoms with E-state index in [1.54, 1.807) is 42.5 Å². The lowest BCUT2D eigenvalue weighted by Gasteiger charge is -2.31. The number of sulfone groups is 1. The van der Waals surface area contributed by atoms with Crippen LogP contribution >= 0.6 is 0 Å². The molecule has 6 nitrogen and oxygen atoms in total. The van der Waals surface area contributed by atoms with Crippen molar-refractivity contribution in [1.82, 2.24) is 4.31 Å². The zero-order chi connectivity index (χ0) is 19.5. The Labute approximate surface area is 160 Å². The Morgan fingerprint density at radius 3 is 2.04 bits per heavy atom.